The van der Waals surface area contributed by atoms with Crippen LogP contribution in [0.25, 0.3) is 0 Å². The third-order valence-electron chi connectivity index (χ3n) is 2.69. The molecule has 2 nitrogen and oxygen atoms in total. The lowest BCUT2D eigenvalue weighted by Gasteiger charge is -2.33. The molecule has 1 aliphatic heterocycles. The average molecular weight is 171 g/mol. The predicted octanol–water partition coefficient (Wildman–Crippen LogP) is 1.63. The van der Waals surface area contributed by atoms with E-state index in [0.29, 0.717) is 6.04 Å². The summed E-state index contributed by atoms with van der Waals surface area (Å²) in [6.45, 7) is 8.34. The molecule has 0 aromatic heterocycles. The lowest BCUT2D eigenvalue weighted by Crippen LogP contribution is -2.45. The van der Waals surface area contributed by atoms with Crippen LogP contribution in [0.2, 0.25) is 0 Å². The van der Waals surface area contributed by atoms with Gasteiger partial charge in [0.05, 0.1) is 5.60 Å². The van der Waals surface area contributed by atoms with Crippen molar-refractivity contribution in [3.63, 3.8) is 0 Å². The summed E-state index contributed by atoms with van der Waals surface area (Å²) in [7, 11) is 0. The molecule has 0 aromatic carbocycles. The standard InChI is InChI=1S/C10H21NO/c1-4-7-11-8-5-6-9(11)10(2,3)12/h9,12H,4-8H2,1-3H3/t9-/m0/s1. The maximum atomic E-state index is 9.87. The van der Waals surface area contributed by atoms with Crippen molar-refractivity contribution >= 4 is 0 Å². The maximum absolute atomic E-state index is 9.87. The van der Waals surface area contributed by atoms with E-state index in [1.54, 1.807) is 0 Å². The summed E-state index contributed by atoms with van der Waals surface area (Å²) in [5.74, 6) is 0. The molecule has 1 rings (SSSR count). The monoisotopic (exact) mass is 171 g/mol. The molecule has 12 heavy (non-hydrogen) atoms. The average Bonchev–Trinajstić information content (AvgIpc) is 2.34. The summed E-state index contributed by atoms with van der Waals surface area (Å²) >= 11 is 0. The fraction of sp³-hybridized carbons (Fsp3) is 1.00. The Labute approximate surface area is 75.6 Å². The zero-order valence-electron chi connectivity index (χ0n) is 8.51. The Bertz CT molecular complexity index is 139. The highest BCUT2D eigenvalue weighted by Gasteiger charge is 2.34. The number of rotatable bonds is 3. The quantitative estimate of drug-likeness (QED) is 0.697. The molecule has 1 saturated heterocycles. The van der Waals surface area contributed by atoms with Gasteiger partial charge in [0, 0.05) is 6.04 Å². The summed E-state index contributed by atoms with van der Waals surface area (Å²) in [5, 5.41) is 9.87. The normalized spacial score (nSPS) is 26.5. The van der Waals surface area contributed by atoms with Crippen molar-refractivity contribution in [1.82, 2.24) is 4.90 Å². The van der Waals surface area contributed by atoms with Gasteiger partial charge >= 0.3 is 0 Å². The molecule has 0 spiro atoms. The van der Waals surface area contributed by atoms with Crippen molar-refractivity contribution in [2.24, 2.45) is 0 Å². The number of likely N-dealkylation sites (tertiary alicyclic amines) is 1. The number of hydrogen-bond acceptors (Lipinski definition) is 2. The van der Waals surface area contributed by atoms with Crippen LogP contribution in [-0.4, -0.2) is 34.7 Å². The molecular formula is C10H21NO. The van der Waals surface area contributed by atoms with Crippen molar-refractivity contribution in [2.45, 2.75) is 51.7 Å². The van der Waals surface area contributed by atoms with Gasteiger partial charge in [-0.2, -0.15) is 0 Å². The zero-order chi connectivity index (χ0) is 9.19. The lowest BCUT2D eigenvalue weighted by molar-refractivity contribution is -0.00223. The van der Waals surface area contributed by atoms with Crippen molar-refractivity contribution in [2.75, 3.05) is 13.1 Å². The molecular weight excluding hydrogens is 150 g/mol. The van der Waals surface area contributed by atoms with Crippen LogP contribution in [0, 0.1) is 0 Å². The molecule has 72 valence electrons. The summed E-state index contributed by atoms with van der Waals surface area (Å²) < 4.78 is 0. The first-order valence-electron chi connectivity index (χ1n) is 5.02. The van der Waals surface area contributed by atoms with Gasteiger partial charge < -0.3 is 5.11 Å². The summed E-state index contributed by atoms with van der Waals surface area (Å²) in [5.41, 5.74) is -0.522. The van der Waals surface area contributed by atoms with Crippen molar-refractivity contribution < 1.29 is 5.11 Å². The largest absolute Gasteiger partial charge is 0.389 e. The van der Waals surface area contributed by atoms with E-state index in [-0.39, 0.29) is 0 Å². The van der Waals surface area contributed by atoms with Gasteiger partial charge in [-0.15, -0.1) is 0 Å². The van der Waals surface area contributed by atoms with Crippen molar-refractivity contribution in [1.29, 1.82) is 0 Å². The fourth-order valence-corrected chi connectivity index (χ4v) is 2.18. The second kappa shape index (κ2) is 3.75. The van der Waals surface area contributed by atoms with Crippen LogP contribution < -0.4 is 0 Å². The summed E-state index contributed by atoms with van der Waals surface area (Å²) in [4.78, 5) is 2.42. The molecule has 0 bridgehead atoms. The highest BCUT2D eigenvalue weighted by Crippen LogP contribution is 2.26. The highest BCUT2D eigenvalue weighted by molar-refractivity contribution is 4.90. The van der Waals surface area contributed by atoms with Crippen LogP contribution in [0.4, 0.5) is 0 Å². The van der Waals surface area contributed by atoms with E-state index in [0.717, 1.165) is 13.0 Å². The summed E-state index contributed by atoms with van der Waals surface area (Å²) in [6, 6.07) is 0.387. The minimum atomic E-state index is -0.522. The van der Waals surface area contributed by atoms with Crippen LogP contribution in [0.15, 0.2) is 0 Å². The van der Waals surface area contributed by atoms with E-state index < -0.39 is 5.60 Å². The smallest absolute Gasteiger partial charge is 0.0746 e. The maximum Gasteiger partial charge on any atom is 0.0746 e. The lowest BCUT2D eigenvalue weighted by atomic mass is 9.97. The molecule has 0 aromatic rings. The van der Waals surface area contributed by atoms with Crippen molar-refractivity contribution in [3.8, 4) is 0 Å². The van der Waals surface area contributed by atoms with Crippen LogP contribution >= 0.6 is 0 Å². The van der Waals surface area contributed by atoms with E-state index >= 15 is 0 Å². The fourth-order valence-electron chi connectivity index (χ4n) is 2.18. The molecule has 1 aliphatic rings. The first-order valence-corrected chi connectivity index (χ1v) is 5.02. The Hall–Kier alpha value is -0.0800. The van der Waals surface area contributed by atoms with Crippen LogP contribution in [-0.2, 0) is 0 Å². The second-order valence-corrected chi connectivity index (χ2v) is 4.35. The van der Waals surface area contributed by atoms with Gasteiger partial charge in [0.1, 0.15) is 0 Å². The number of nitrogens with zero attached hydrogens (tertiary/aromatic N) is 1. The molecule has 0 radical (unpaired) electrons. The van der Waals surface area contributed by atoms with Gasteiger partial charge in [-0.05, 0) is 46.2 Å². The topological polar surface area (TPSA) is 23.5 Å². The van der Waals surface area contributed by atoms with E-state index in [9.17, 15) is 5.11 Å². The third kappa shape index (κ3) is 2.20. The SMILES string of the molecule is CCCN1CCC[C@H]1C(C)(C)O. The van der Waals surface area contributed by atoms with Gasteiger partial charge in [-0.1, -0.05) is 6.92 Å². The molecule has 1 fully saturated rings. The summed E-state index contributed by atoms with van der Waals surface area (Å²) in [6.07, 6.45) is 3.59. The first-order chi connectivity index (χ1) is 5.55. The second-order valence-electron chi connectivity index (χ2n) is 4.35. The van der Waals surface area contributed by atoms with Crippen molar-refractivity contribution in [3.05, 3.63) is 0 Å². The van der Waals surface area contributed by atoms with E-state index in [2.05, 4.69) is 11.8 Å². The van der Waals surface area contributed by atoms with Crippen LogP contribution in [0.5, 0.6) is 0 Å². The Balaban J connectivity index is 2.52. The molecule has 0 unspecified atom stereocenters. The molecule has 0 amide bonds. The van der Waals surface area contributed by atoms with Gasteiger partial charge in [0.2, 0.25) is 0 Å². The molecule has 1 heterocycles. The van der Waals surface area contributed by atoms with Gasteiger partial charge in [0.15, 0.2) is 0 Å². The highest BCUT2D eigenvalue weighted by atomic mass is 16.3. The minimum absolute atomic E-state index is 0.387. The predicted molar refractivity (Wildman–Crippen MR) is 51.2 cm³/mol. The number of aliphatic hydroxyl groups is 1. The van der Waals surface area contributed by atoms with Gasteiger partial charge in [-0.3, -0.25) is 4.90 Å². The Kier molecular flexibility index (Phi) is 3.13. The van der Waals surface area contributed by atoms with Gasteiger partial charge in [0.25, 0.3) is 0 Å². The molecule has 1 N–H and O–H groups in total. The Morgan fingerprint density at radius 2 is 2.17 bits per heavy atom. The Morgan fingerprint density at radius 3 is 2.67 bits per heavy atom. The van der Waals surface area contributed by atoms with E-state index in [4.69, 9.17) is 0 Å². The first kappa shape index (κ1) is 10.0. The Morgan fingerprint density at radius 1 is 1.50 bits per heavy atom. The van der Waals surface area contributed by atoms with Gasteiger partial charge in [-0.25, -0.2) is 0 Å². The van der Waals surface area contributed by atoms with Crippen LogP contribution in [0.1, 0.15) is 40.0 Å². The molecule has 0 saturated carbocycles. The molecule has 0 aliphatic carbocycles. The minimum Gasteiger partial charge on any atom is -0.389 e. The van der Waals surface area contributed by atoms with E-state index in [1.807, 2.05) is 13.8 Å². The molecule has 2 heteroatoms. The van der Waals surface area contributed by atoms with Crippen LogP contribution in [0.3, 0.4) is 0 Å². The van der Waals surface area contributed by atoms with E-state index in [1.165, 1.54) is 19.4 Å². The molecule has 1 atom stereocenters. The zero-order valence-corrected chi connectivity index (χ0v) is 8.51. The number of hydrogen-bond donors (Lipinski definition) is 1. The third-order valence-corrected chi connectivity index (χ3v) is 2.69.